The summed E-state index contributed by atoms with van der Waals surface area (Å²) < 4.78 is 5.20. The molecule has 1 unspecified atom stereocenters. The van der Waals surface area contributed by atoms with Crippen molar-refractivity contribution < 1.29 is 19.4 Å². The smallest absolute Gasteiger partial charge is 0.337 e. The average Bonchev–Trinajstić information content (AvgIpc) is 2.49. The summed E-state index contributed by atoms with van der Waals surface area (Å²) in [7, 11) is 0. The Kier molecular flexibility index (Phi) is 4.59. The van der Waals surface area contributed by atoms with E-state index in [2.05, 4.69) is 10.3 Å². The van der Waals surface area contributed by atoms with Crippen LogP contribution in [0.25, 0.3) is 0 Å². The minimum Gasteiger partial charge on any atom is -0.478 e. The van der Waals surface area contributed by atoms with Crippen LogP contribution in [0.3, 0.4) is 0 Å². The Balaban J connectivity index is 2.08. The van der Waals surface area contributed by atoms with E-state index < -0.39 is 12.0 Å². The number of aromatic nitrogens is 1. The number of nitrogens with zero attached hydrogens (tertiary/aromatic N) is 2. The molecule has 1 aromatic heterocycles. The molecule has 0 aliphatic carbocycles. The van der Waals surface area contributed by atoms with Gasteiger partial charge in [-0.2, -0.15) is 0 Å². The van der Waals surface area contributed by atoms with Gasteiger partial charge in [-0.1, -0.05) is 0 Å². The highest BCUT2D eigenvalue weighted by molar-refractivity contribution is 5.96. The van der Waals surface area contributed by atoms with E-state index in [1.165, 1.54) is 12.3 Å². The molecule has 0 radical (unpaired) electrons. The second-order valence-corrected chi connectivity index (χ2v) is 4.73. The number of rotatable bonds is 4. The zero-order valence-electron chi connectivity index (χ0n) is 11.7. The molecule has 1 aromatic rings. The number of anilines is 2. The summed E-state index contributed by atoms with van der Waals surface area (Å²) in [6.45, 7) is 3.82. The number of nitrogens with two attached hydrogens (primary N) is 1. The van der Waals surface area contributed by atoms with Gasteiger partial charge in [0.1, 0.15) is 6.04 Å². The lowest BCUT2D eigenvalue weighted by atomic mass is 10.2. The Morgan fingerprint density at radius 1 is 1.48 bits per heavy atom. The van der Waals surface area contributed by atoms with E-state index in [-0.39, 0.29) is 23.0 Å². The fourth-order valence-corrected chi connectivity index (χ4v) is 2.10. The van der Waals surface area contributed by atoms with Crippen molar-refractivity contribution in [3.05, 3.63) is 17.8 Å². The molecule has 8 nitrogen and oxygen atoms in total. The molecule has 2 heterocycles. The lowest BCUT2D eigenvalue weighted by Crippen LogP contribution is -2.47. The molecule has 1 atom stereocenters. The molecule has 2 rings (SSSR count). The van der Waals surface area contributed by atoms with Crippen molar-refractivity contribution >= 4 is 23.4 Å². The Morgan fingerprint density at radius 3 is 2.76 bits per heavy atom. The number of carbonyl (C=O) groups excluding carboxylic acids is 1. The van der Waals surface area contributed by atoms with Crippen molar-refractivity contribution in [2.75, 3.05) is 37.4 Å². The first-order valence-electron chi connectivity index (χ1n) is 6.61. The van der Waals surface area contributed by atoms with Crippen molar-refractivity contribution in [1.82, 2.24) is 9.88 Å². The summed E-state index contributed by atoms with van der Waals surface area (Å²) in [5.74, 6) is -1.03. The van der Waals surface area contributed by atoms with Gasteiger partial charge in [0.25, 0.3) is 0 Å². The molecule has 1 aliphatic rings. The molecule has 0 spiro atoms. The molecule has 4 N–H and O–H groups in total. The maximum Gasteiger partial charge on any atom is 0.337 e. The highest BCUT2D eigenvalue weighted by Gasteiger charge is 2.23. The van der Waals surface area contributed by atoms with Gasteiger partial charge in [-0.3, -0.25) is 4.79 Å². The van der Waals surface area contributed by atoms with Gasteiger partial charge >= 0.3 is 5.97 Å². The standard InChI is InChI=1S/C13H18N4O4/c1-8(12(18)17-4-6-21-7-5-17)16-11-10(14)9(13(19)20)2-3-15-11/h2-3,8H,4-7,14H2,1H3,(H,15,16)(H,19,20). The number of amides is 1. The Labute approximate surface area is 121 Å². The van der Waals surface area contributed by atoms with E-state index in [4.69, 9.17) is 15.6 Å². The number of carboxylic acids is 1. The molecule has 1 aliphatic heterocycles. The van der Waals surface area contributed by atoms with Gasteiger partial charge in [0.15, 0.2) is 5.82 Å². The van der Waals surface area contributed by atoms with Crippen LogP contribution in [0, 0.1) is 0 Å². The van der Waals surface area contributed by atoms with Crippen LogP contribution in [0.5, 0.6) is 0 Å². The zero-order valence-corrected chi connectivity index (χ0v) is 11.7. The summed E-state index contributed by atoms with van der Waals surface area (Å²) in [5, 5.41) is 11.9. The first-order valence-corrected chi connectivity index (χ1v) is 6.61. The monoisotopic (exact) mass is 294 g/mol. The third-order valence-corrected chi connectivity index (χ3v) is 3.27. The van der Waals surface area contributed by atoms with Crippen LogP contribution < -0.4 is 11.1 Å². The lowest BCUT2D eigenvalue weighted by molar-refractivity contribution is -0.135. The number of pyridine rings is 1. The van der Waals surface area contributed by atoms with Crippen molar-refractivity contribution in [2.24, 2.45) is 0 Å². The summed E-state index contributed by atoms with van der Waals surface area (Å²) >= 11 is 0. The van der Waals surface area contributed by atoms with Crippen LogP contribution >= 0.6 is 0 Å². The van der Waals surface area contributed by atoms with Crippen LogP contribution in [0.1, 0.15) is 17.3 Å². The van der Waals surface area contributed by atoms with Gasteiger partial charge in [-0.05, 0) is 13.0 Å². The molecular formula is C13H18N4O4. The fourth-order valence-electron chi connectivity index (χ4n) is 2.10. The lowest BCUT2D eigenvalue weighted by Gasteiger charge is -2.29. The minimum atomic E-state index is -1.13. The van der Waals surface area contributed by atoms with E-state index in [1.54, 1.807) is 11.8 Å². The maximum absolute atomic E-state index is 12.3. The number of hydrogen-bond donors (Lipinski definition) is 3. The van der Waals surface area contributed by atoms with E-state index in [0.717, 1.165) is 0 Å². The Morgan fingerprint density at radius 2 is 2.14 bits per heavy atom. The number of hydrogen-bond acceptors (Lipinski definition) is 6. The molecular weight excluding hydrogens is 276 g/mol. The third kappa shape index (κ3) is 3.40. The second kappa shape index (κ2) is 6.40. The van der Waals surface area contributed by atoms with Gasteiger partial charge in [0.2, 0.25) is 5.91 Å². The van der Waals surface area contributed by atoms with Crippen LogP contribution in [0.15, 0.2) is 12.3 Å². The maximum atomic E-state index is 12.3. The Bertz CT molecular complexity index is 543. The summed E-state index contributed by atoms with van der Waals surface area (Å²) in [6.07, 6.45) is 1.34. The van der Waals surface area contributed by atoms with Gasteiger partial charge < -0.3 is 25.8 Å². The summed E-state index contributed by atoms with van der Waals surface area (Å²) in [6, 6.07) is 0.763. The van der Waals surface area contributed by atoms with Crippen molar-refractivity contribution in [3.8, 4) is 0 Å². The second-order valence-electron chi connectivity index (χ2n) is 4.73. The summed E-state index contributed by atoms with van der Waals surface area (Å²) in [5.41, 5.74) is 5.74. The number of carbonyl (C=O) groups is 2. The zero-order chi connectivity index (χ0) is 15.4. The minimum absolute atomic E-state index is 0.0200. The summed E-state index contributed by atoms with van der Waals surface area (Å²) in [4.78, 5) is 29.0. The number of nitrogen functional groups attached to an aromatic ring is 1. The molecule has 1 saturated heterocycles. The first kappa shape index (κ1) is 15.0. The normalized spacial score (nSPS) is 16.3. The van der Waals surface area contributed by atoms with E-state index in [1.807, 2.05) is 0 Å². The molecule has 0 saturated carbocycles. The van der Waals surface area contributed by atoms with Crippen molar-refractivity contribution in [2.45, 2.75) is 13.0 Å². The van der Waals surface area contributed by atoms with Gasteiger partial charge in [0, 0.05) is 19.3 Å². The predicted octanol–water partition coefficient (Wildman–Crippen LogP) is 0.0212. The molecule has 114 valence electrons. The average molecular weight is 294 g/mol. The molecule has 8 heteroatoms. The van der Waals surface area contributed by atoms with Gasteiger partial charge in [-0.25, -0.2) is 9.78 Å². The highest BCUT2D eigenvalue weighted by atomic mass is 16.5. The van der Waals surface area contributed by atoms with Crippen LogP contribution in [0.4, 0.5) is 11.5 Å². The molecule has 21 heavy (non-hydrogen) atoms. The van der Waals surface area contributed by atoms with Crippen LogP contribution in [-0.2, 0) is 9.53 Å². The topological polar surface area (TPSA) is 118 Å². The Hall–Kier alpha value is -2.35. The van der Waals surface area contributed by atoms with Gasteiger partial charge in [-0.15, -0.1) is 0 Å². The quantitative estimate of drug-likeness (QED) is 0.716. The largest absolute Gasteiger partial charge is 0.478 e. The molecule has 0 aromatic carbocycles. The molecule has 1 fully saturated rings. The highest BCUT2D eigenvalue weighted by Crippen LogP contribution is 2.21. The third-order valence-electron chi connectivity index (χ3n) is 3.27. The number of ether oxygens (including phenoxy) is 1. The predicted molar refractivity (Wildman–Crippen MR) is 76.1 cm³/mol. The number of nitrogens with one attached hydrogen (secondary N) is 1. The van der Waals surface area contributed by atoms with E-state index in [0.29, 0.717) is 26.3 Å². The number of aromatic carboxylic acids is 1. The van der Waals surface area contributed by atoms with Crippen molar-refractivity contribution in [1.29, 1.82) is 0 Å². The fraction of sp³-hybridized carbons (Fsp3) is 0.462. The molecule has 0 bridgehead atoms. The van der Waals surface area contributed by atoms with Crippen molar-refractivity contribution in [3.63, 3.8) is 0 Å². The SMILES string of the molecule is CC(Nc1nccc(C(=O)O)c1N)C(=O)N1CCOCC1. The number of morpholine rings is 1. The molecule has 1 amide bonds. The van der Waals surface area contributed by atoms with E-state index in [9.17, 15) is 9.59 Å². The van der Waals surface area contributed by atoms with Gasteiger partial charge in [0.05, 0.1) is 24.5 Å². The number of carboxylic acid groups (broad SMARTS) is 1. The van der Waals surface area contributed by atoms with Crippen LogP contribution in [0.2, 0.25) is 0 Å². The van der Waals surface area contributed by atoms with Crippen LogP contribution in [-0.4, -0.2) is 59.2 Å². The van der Waals surface area contributed by atoms with E-state index >= 15 is 0 Å². The first-order chi connectivity index (χ1) is 10.0.